The zero-order valence-electron chi connectivity index (χ0n) is 16.6. The molecule has 154 valence electrons. The van der Waals surface area contributed by atoms with Gasteiger partial charge in [-0.05, 0) is 64.9 Å². The second-order valence-electron chi connectivity index (χ2n) is 7.38. The highest BCUT2D eigenvalue weighted by Crippen LogP contribution is 2.25. The summed E-state index contributed by atoms with van der Waals surface area (Å²) in [5, 5.41) is 11.2. The Bertz CT molecular complexity index is 1340. The van der Waals surface area contributed by atoms with E-state index in [0.717, 1.165) is 31.2 Å². The maximum Gasteiger partial charge on any atom is 0.275 e. The molecule has 0 unspecified atom stereocenters. The van der Waals surface area contributed by atoms with E-state index in [0.29, 0.717) is 5.39 Å². The second-order valence-corrected chi connectivity index (χ2v) is 9.59. The number of anilines is 1. The third-order valence-corrected chi connectivity index (χ3v) is 6.73. The molecule has 0 fully saturated rings. The predicted molar refractivity (Wildman–Crippen MR) is 135 cm³/mol. The van der Waals surface area contributed by atoms with Crippen LogP contribution in [-0.4, -0.2) is 25.5 Å². The van der Waals surface area contributed by atoms with Crippen molar-refractivity contribution in [3.8, 4) is 0 Å². The summed E-state index contributed by atoms with van der Waals surface area (Å²) in [6.07, 6.45) is 1.78. The molecule has 0 N–H and O–H groups in total. The van der Waals surface area contributed by atoms with Gasteiger partial charge in [-0.15, -0.1) is 0 Å². The number of hydrogen-bond donors (Lipinski definition) is 0. The van der Waals surface area contributed by atoms with Crippen LogP contribution in [-0.2, 0) is 18.4 Å². The standard InChI is InChI=1S/C21H19I2N5O2/c1-12(2)20-17-8-14(22)5-7-16(17)21(30)27(25-20)11-19(29)28(23)15-6-4-13-10-24-26(3)18(13)9-15/h4-10,12H,11H2,1-3H3. The van der Waals surface area contributed by atoms with Crippen LogP contribution in [0.5, 0.6) is 0 Å². The summed E-state index contributed by atoms with van der Waals surface area (Å²) in [7, 11) is 1.86. The highest BCUT2D eigenvalue weighted by atomic mass is 127. The van der Waals surface area contributed by atoms with Gasteiger partial charge in [-0.1, -0.05) is 13.8 Å². The summed E-state index contributed by atoms with van der Waals surface area (Å²) in [5.41, 5.74) is 2.21. The molecule has 1 amide bonds. The van der Waals surface area contributed by atoms with Crippen LogP contribution >= 0.6 is 45.5 Å². The van der Waals surface area contributed by atoms with Gasteiger partial charge < -0.3 is 0 Å². The molecule has 0 aliphatic rings. The van der Waals surface area contributed by atoms with E-state index in [1.807, 2.05) is 80.2 Å². The second kappa shape index (κ2) is 8.25. The lowest BCUT2D eigenvalue weighted by molar-refractivity contribution is -0.117. The minimum absolute atomic E-state index is 0.121. The minimum atomic E-state index is -0.258. The molecule has 4 rings (SSSR count). The molecule has 0 aliphatic heterocycles. The number of fused-ring (bicyclic) bond motifs is 2. The number of benzene rings is 2. The summed E-state index contributed by atoms with van der Waals surface area (Å²) < 4.78 is 5.60. The molecule has 4 aromatic rings. The first-order valence-corrected chi connectivity index (χ1v) is 11.4. The van der Waals surface area contributed by atoms with Crippen molar-refractivity contribution in [2.24, 2.45) is 7.05 Å². The molecule has 7 nitrogen and oxygen atoms in total. The number of aromatic nitrogens is 4. The van der Waals surface area contributed by atoms with Crippen LogP contribution in [0.25, 0.3) is 21.7 Å². The Kier molecular flexibility index (Phi) is 5.84. The number of halogens is 2. The van der Waals surface area contributed by atoms with Crippen molar-refractivity contribution in [1.82, 2.24) is 19.6 Å². The molecule has 0 aliphatic carbocycles. The first-order chi connectivity index (χ1) is 14.3. The molecule has 2 aromatic heterocycles. The molecule has 9 heteroatoms. The Balaban J connectivity index is 1.71. The van der Waals surface area contributed by atoms with E-state index in [1.54, 1.807) is 10.9 Å². The molecule has 0 saturated heterocycles. The molecule has 0 radical (unpaired) electrons. The Morgan fingerprint density at radius 1 is 1.17 bits per heavy atom. The lowest BCUT2D eigenvalue weighted by atomic mass is 10.0. The van der Waals surface area contributed by atoms with Crippen LogP contribution < -0.4 is 8.67 Å². The molecule has 0 bridgehead atoms. The number of nitrogens with zero attached hydrogens (tertiary/aromatic N) is 5. The topological polar surface area (TPSA) is 73.0 Å². The fraction of sp³-hybridized carbons (Fsp3) is 0.238. The van der Waals surface area contributed by atoms with E-state index in [-0.39, 0.29) is 23.9 Å². The Labute approximate surface area is 200 Å². The highest BCUT2D eigenvalue weighted by molar-refractivity contribution is 14.1. The van der Waals surface area contributed by atoms with Gasteiger partial charge in [-0.25, -0.2) is 4.68 Å². The van der Waals surface area contributed by atoms with Crippen molar-refractivity contribution < 1.29 is 4.79 Å². The van der Waals surface area contributed by atoms with Gasteiger partial charge in [0.15, 0.2) is 0 Å². The van der Waals surface area contributed by atoms with E-state index >= 15 is 0 Å². The highest BCUT2D eigenvalue weighted by Gasteiger charge is 2.19. The van der Waals surface area contributed by atoms with Gasteiger partial charge in [0, 0.05) is 21.4 Å². The monoisotopic (exact) mass is 627 g/mol. The van der Waals surface area contributed by atoms with Crippen LogP contribution in [0, 0.1) is 3.57 Å². The fourth-order valence-corrected chi connectivity index (χ4v) is 4.35. The van der Waals surface area contributed by atoms with E-state index in [4.69, 9.17) is 0 Å². The van der Waals surface area contributed by atoms with Crippen LogP contribution in [0.3, 0.4) is 0 Å². The molecule has 30 heavy (non-hydrogen) atoms. The summed E-state index contributed by atoms with van der Waals surface area (Å²) >= 11 is 4.20. The number of carbonyl (C=O) groups is 1. The Morgan fingerprint density at radius 3 is 2.67 bits per heavy atom. The van der Waals surface area contributed by atoms with Crippen LogP contribution in [0.4, 0.5) is 5.69 Å². The number of amides is 1. The molecule has 2 heterocycles. The molecular weight excluding hydrogens is 608 g/mol. The predicted octanol–water partition coefficient (Wildman–Crippen LogP) is 4.39. The third kappa shape index (κ3) is 3.84. The van der Waals surface area contributed by atoms with Gasteiger partial charge in [0.25, 0.3) is 11.5 Å². The molecule has 2 aromatic carbocycles. The van der Waals surface area contributed by atoms with Crippen molar-refractivity contribution in [1.29, 1.82) is 0 Å². The van der Waals surface area contributed by atoms with E-state index in [9.17, 15) is 9.59 Å². The molecule has 0 spiro atoms. The molecular formula is C21H19I2N5O2. The normalized spacial score (nSPS) is 11.5. The average Bonchev–Trinajstić information content (AvgIpc) is 3.09. The first-order valence-electron chi connectivity index (χ1n) is 9.37. The maximum absolute atomic E-state index is 13.0. The first kappa shape index (κ1) is 21.2. The van der Waals surface area contributed by atoms with Gasteiger partial charge in [-0.2, -0.15) is 10.2 Å². The van der Waals surface area contributed by atoms with Gasteiger partial charge in [0.05, 0.1) is 51.3 Å². The molecule has 0 saturated carbocycles. The van der Waals surface area contributed by atoms with Crippen molar-refractivity contribution in [3.05, 3.63) is 62.2 Å². The van der Waals surface area contributed by atoms with Crippen molar-refractivity contribution in [2.45, 2.75) is 26.3 Å². The van der Waals surface area contributed by atoms with Crippen molar-refractivity contribution in [2.75, 3.05) is 3.11 Å². The van der Waals surface area contributed by atoms with Gasteiger partial charge >= 0.3 is 0 Å². The zero-order chi connectivity index (χ0) is 21.6. The van der Waals surface area contributed by atoms with Crippen LogP contribution in [0.15, 0.2) is 47.4 Å². The van der Waals surface area contributed by atoms with E-state index in [1.165, 1.54) is 7.80 Å². The number of aryl methyl sites for hydroxylation is 1. The lowest BCUT2D eigenvalue weighted by Crippen LogP contribution is -2.33. The quantitative estimate of drug-likeness (QED) is 0.249. The Hall–Kier alpha value is -2.02. The van der Waals surface area contributed by atoms with Crippen molar-refractivity contribution in [3.63, 3.8) is 0 Å². The van der Waals surface area contributed by atoms with Gasteiger partial charge in [0.1, 0.15) is 6.54 Å². The number of carbonyl (C=O) groups excluding carboxylic acids is 1. The number of hydrogen-bond acceptors (Lipinski definition) is 4. The smallest absolute Gasteiger partial charge is 0.272 e. The van der Waals surface area contributed by atoms with Crippen LogP contribution in [0.2, 0.25) is 0 Å². The van der Waals surface area contributed by atoms with Crippen LogP contribution in [0.1, 0.15) is 25.5 Å². The van der Waals surface area contributed by atoms with Crippen molar-refractivity contribution >= 4 is 78.7 Å². The largest absolute Gasteiger partial charge is 0.275 e. The zero-order valence-corrected chi connectivity index (χ0v) is 20.9. The Morgan fingerprint density at radius 2 is 1.93 bits per heavy atom. The molecule has 0 atom stereocenters. The summed E-state index contributed by atoms with van der Waals surface area (Å²) in [5.74, 6) is -0.109. The van der Waals surface area contributed by atoms with E-state index in [2.05, 4.69) is 32.8 Å². The van der Waals surface area contributed by atoms with Gasteiger partial charge in [-0.3, -0.25) is 17.4 Å². The van der Waals surface area contributed by atoms with E-state index < -0.39 is 0 Å². The summed E-state index contributed by atoms with van der Waals surface area (Å²) in [6.45, 7) is 3.94. The lowest BCUT2D eigenvalue weighted by Gasteiger charge is -2.17. The maximum atomic E-state index is 13.0. The summed E-state index contributed by atoms with van der Waals surface area (Å²) in [4.78, 5) is 26.0. The number of rotatable bonds is 4. The summed E-state index contributed by atoms with van der Waals surface area (Å²) in [6, 6.07) is 11.4. The average molecular weight is 627 g/mol. The SMILES string of the molecule is CC(C)c1nn(CC(=O)N(I)c2ccc3cnn(C)c3c2)c(=O)c2ccc(I)cc12. The third-order valence-electron chi connectivity index (χ3n) is 4.96. The van der Waals surface area contributed by atoms with Gasteiger partial charge in [0.2, 0.25) is 0 Å². The minimum Gasteiger partial charge on any atom is -0.272 e. The fourth-order valence-electron chi connectivity index (χ4n) is 3.41.